The van der Waals surface area contributed by atoms with Gasteiger partial charge in [0.2, 0.25) is 5.76 Å². The Bertz CT molecular complexity index is 1350. The molecule has 0 bridgehead atoms. The number of carbonyl (C=O) groups excluding carboxylic acids is 1. The smallest absolute Gasteiger partial charge is 0.291 e. The molecule has 150 valence electrons. The summed E-state index contributed by atoms with van der Waals surface area (Å²) in [5.74, 6) is 0.429. The maximum absolute atomic E-state index is 13.6. The summed E-state index contributed by atoms with van der Waals surface area (Å²) in [5.41, 5.74) is 3.31. The molecule has 2 aromatic heterocycles. The number of halogens is 1. The van der Waals surface area contributed by atoms with Gasteiger partial charge in [0.1, 0.15) is 11.3 Å². The van der Waals surface area contributed by atoms with Gasteiger partial charge in [-0.3, -0.25) is 9.59 Å². The van der Waals surface area contributed by atoms with E-state index in [1.54, 1.807) is 23.3 Å². The summed E-state index contributed by atoms with van der Waals surface area (Å²) in [6.07, 6.45) is 1.57. The SMILES string of the molecule is Cc1cc(C)c2c(=O)c3c(oc2c1)C(=O)N(Cc1ccco1)C3c1cccc(Br)c1. The molecule has 1 aliphatic rings. The number of rotatable bonds is 3. The second kappa shape index (κ2) is 6.99. The molecule has 1 atom stereocenters. The van der Waals surface area contributed by atoms with Crippen molar-refractivity contribution < 1.29 is 13.6 Å². The highest BCUT2D eigenvalue weighted by molar-refractivity contribution is 9.10. The Morgan fingerprint density at radius 1 is 1.07 bits per heavy atom. The standard InChI is InChI=1S/C24H18BrNO4/c1-13-9-14(2)19-18(10-13)30-23-20(22(19)27)21(15-5-3-6-16(25)11-15)26(24(23)28)12-17-7-4-8-29-17/h3-11,21H,12H2,1-2H3. The molecular weight excluding hydrogens is 446 g/mol. The lowest BCUT2D eigenvalue weighted by Crippen LogP contribution is -2.29. The Morgan fingerprint density at radius 3 is 2.63 bits per heavy atom. The van der Waals surface area contributed by atoms with E-state index in [9.17, 15) is 9.59 Å². The first-order valence-corrected chi connectivity index (χ1v) is 10.4. The normalized spacial score (nSPS) is 15.8. The molecular formula is C24H18BrNO4. The van der Waals surface area contributed by atoms with E-state index in [2.05, 4.69) is 15.9 Å². The minimum absolute atomic E-state index is 0.106. The zero-order valence-electron chi connectivity index (χ0n) is 16.4. The zero-order chi connectivity index (χ0) is 21.0. The summed E-state index contributed by atoms with van der Waals surface area (Å²) in [7, 11) is 0. The van der Waals surface area contributed by atoms with Gasteiger partial charge < -0.3 is 13.7 Å². The average molecular weight is 464 g/mol. The van der Waals surface area contributed by atoms with Crippen LogP contribution in [0.3, 0.4) is 0 Å². The molecule has 4 aromatic rings. The molecule has 2 aromatic carbocycles. The van der Waals surface area contributed by atoms with E-state index < -0.39 is 6.04 Å². The zero-order valence-corrected chi connectivity index (χ0v) is 18.0. The van der Waals surface area contributed by atoms with Gasteiger partial charge in [-0.1, -0.05) is 34.1 Å². The minimum Gasteiger partial charge on any atom is -0.467 e. The van der Waals surface area contributed by atoms with Crippen LogP contribution in [0.2, 0.25) is 0 Å². The lowest BCUT2D eigenvalue weighted by molar-refractivity contribution is 0.0701. The predicted molar refractivity (Wildman–Crippen MR) is 117 cm³/mol. The Morgan fingerprint density at radius 2 is 1.90 bits per heavy atom. The number of hydrogen-bond donors (Lipinski definition) is 0. The van der Waals surface area contributed by atoms with Crippen LogP contribution in [0.1, 0.15) is 44.6 Å². The van der Waals surface area contributed by atoms with E-state index in [0.717, 1.165) is 21.2 Å². The van der Waals surface area contributed by atoms with Gasteiger partial charge >= 0.3 is 0 Å². The van der Waals surface area contributed by atoms with Gasteiger partial charge in [0.25, 0.3) is 5.91 Å². The first kappa shape index (κ1) is 18.9. The van der Waals surface area contributed by atoms with Crippen molar-refractivity contribution in [1.82, 2.24) is 4.90 Å². The van der Waals surface area contributed by atoms with E-state index in [0.29, 0.717) is 22.3 Å². The minimum atomic E-state index is -0.559. The number of carbonyl (C=O) groups is 1. The van der Waals surface area contributed by atoms with E-state index >= 15 is 0 Å². The fourth-order valence-electron chi connectivity index (χ4n) is 4.27. The molecule has 0 spiro atoms. The molecule has 0 saturated carbocycles. The van der Waals surface area contributed by atoms with Crippen molar-refractivity contribution in [3.63, 3.8) is 0 Å². The molecule has 30 heavy (non-hydrogen) atoms. The maximum Gasteiger partial charge on any atom is 0.291 e. The number of fused-ring (bicyclic) bond motifs is 2. The fraction of sp³-hybridized carbons (Fsp3) is 0.167. The molecule has 1 unspecified atom stereocenters. The van der Waals surface area contributed by atoms with E-state index in [4.69, 9.17) is 8.83 Å². The summed E-state index contributed by atoms with van der Waals surface area (Å²) < 4.78 is 12.4. The lowest BCUT2D eigenvalue weighted by atomic mass is 9.97. The molecule has 3 heterocycles. The number of furan rings is 1. The van der Waals surface area contributed by atoms with Crippen LogP contribution in [0.25, 0.3) is 11.0 Å². The third-order valence-corrected chi connectivity index (χ3v) is 5.98. The molecule has 0 radical (unpaired) electrons. The lowest BCUT2D eigenvalue weighted by Gasteiger charge is -2.24. The van der Waals surface area contributed by atoms with Crippen molar-refractivity contribution in [2.75, 3.05) is 0 Å². The second-order valence-electron chi connectivity index (χ2n) is 7.60. The van der Waals surface area contributed by atoms with Crippen molar-refractivity contribution >= 4 is 32.8 Å². The van der Waals surface area contributed by atoms with Crippen LogP contribution in [0.15, 0.2) is 72.9 Å². The van der Waals surface area contributed by atoms with Crippen molar-refractivity contribution in [3.05, 3.63) is 103 Å². The largest absolute Gasteiger partial charge is 0.467 e. The maximum atomic E-state index is 13.6. The Hall–Kier alpha value is -3.12. The number of amides is 1. The van der Waals surface area contributed by atoms with Gasteiger partial charge in [-0.2, -0.15) is 0 Å². The van der Waals surface area contributed by atoms with E-state index in [-0.39, 0.29) is 23.6 Å². The van der Waals surface area contributed by atoms with Crippen LogP contribution >= 0.6 is 15.9 Å². The molecule has 5 nitrogen and oxygen atoms in total. The van der Waals surface area contributed by atoms with Crippen LogP contribution in [0, 0.1) is 13.8 Å². The highest BCUT2D eigenvalue weighted by Crippen LogP contribution is 2.40. The number of aryl methyl sites for hydroxylation is 2. The van der Waals surface area contributed by atoms with Gasteiger partial charge in [-0.05, 0) is 60.9 Å². The van der Waals surface area contributed by atoms with Gasteiger partial charge in [0, 0.05) is 4.47 Å². The van der Waals surface area contributed by atoms with Crippen molar-refractivity contribution in [3.8, 4) is 0 Å². The molecule has 0 N–H and O–H groups in total. The third-order valence-electron chi connectivity index (χ3n) is 5.48. The number of hydrogen-bond acceptors (Lipinski definition) is 4. The molecule has 0 aliphatic carbocycles. The van der Waals surface area contributed by atoms with Gasteiger partial charge in [-0.15, -0.1) is 0 Å². The Labute approximate surface area is 181 Å². The molecule has 0 saturated heterocycles. The van der Waals surface area contributed by atoms with Crippen molar-refractivity contribution in [2.24, 2.45) is 0 Å². The second-order valence-corrected chi connectivity index (χ2v) is 8.51. The summed E-state index contributed by atoms with van der Waals surface area (Å²) in [4.78, 5) is 28.7. The molecule has 1 amide bonds. The number of benzene rings is 2. The Kier molecular flexibility index (Phi) is 4.40. The van der Waals surface area contributed by atoms with Crippen molar-refractivity contribution in [2.45, 2.75) is 26.4 Å². The predicted octanol–water partition coefficient (Wildman–Crippen LogP) is 5.51. The van der Waals surface area contributed by atoms with Gasteiger partial charge in [0.15, 0.2) is 5.43 Å². The topological polar surface area (TPSA) is 63.7 Å². The molecule has 6 heteroatoms. The molecule has 1 aliphatic heterocycles. The van der Waals surface area contributed by atoms with Crippen LogP contribution in [-0.2, 0) is 6.54 Å². The summed E-state index contributed by atoms with van der Waals surface area (Å²) in [6.45, 7) is 4.07. The van der Waals surface area contributed by atoms with Gasteiger partial charge in [-0.25, -0.2) is 0 Å². The summed E-state index contributed by atoms with van der Waals surface area (Å²) in [5, 5.41) is 0.520. The quantitative estimate of drug-likeness (QED) is 0.401. The van der Waals surface area contributed by atoms with Crippen molar-refractivity contribution in [1.29, 1.82) is 0 Å². The van der Waals surface area contributed by atoms with Crippen LogP contribution in [0.5, 0.6) is 0 Å². The van der Waals surface area contributed by atoms with Crippen LogP contribution in [-0.4, -0.2) is 10.8 Å². The van der Waals surface area contributed by atoms with Crippen LogP contribution in [0.4, 0.5) is 0 Å². The monoisotopic (exact) mass is 463 g/mol. The summed E-state index contributed by atoms with van der Waals surface area (Å²) in [6, 6.07) is 14.4. The highest BCUT2D eigenvalue weighted by atomic mass is 79.9. The fourth-order valence-corrected chi connectivity index (χ4v) is 4.69. The summed E-state index contributed by atoms with van der Waals surface area (Å²) >= 11 is 3.50. The first-order chi connectivity index (χ1) is 14.4. The first-order valence-electron chi connectivity index (χ1n) is 9.61. The van der Waals surface area contributed by atoms with Gasteiger partial charge in [0.05, 0.1) is 29.8 Å². The Balaban J connectivity index is 1.79. The number of nitrogens with zero attached hydrogens (tertiary/aromatic N) is 1. The van der Waals surface area contributed by atoms with Crippen LogP contribution < -0.4 is 5.43 Å². The molecule has 5 rings (SSSR count). The third kappa shape index (κ3) is 2.91. The average Bonchev–Trinajstić information content (AvgIpc) is 3.29. The highest BCUT2D eigenvalue weighted by Gasteiger charge is 2.43. The van der Waals surface area contributed by atoms with E-state index in [1.807, 2.05) is 50.2 Å². The van der Waals surface area contributed by atoms with E-state index in [1.165, 1.54) is 0 Å². The molecule has 0 fully saturated rings.